The number of ether oxygens (including phenoxy) is 1. The van der Waals surface area contributed by atoms with Gasteiger partial charge in [0.2, 0.25) is 0 Å². The molecule has 0 spiro atoms. The monoisotopic (exact) mass is 434 g/mol. The molecule has 28 heavy (non-hydrogen) atoms. The Hall–Kier alpha value is -2.54. The maximum Gasteiger partial charge on any atom is 0.276 e. The van der Waals surface area contributed by atoms with Gasteiger partial charge in [0.15, 0.2) is 0 Å². The summed E-state index contributed by atoms with van der Waals surface area (Å²) in [6, 6.07) is 21.0. The third-order valence-corrected chi connectivity index (χ3v) is 5.68. The van der Waals surface area contributed by atoms with Crippen LogP contribution in [0.5, 0.6) is 5.75 Å². The summed E-state index contributed by atoms with van der Waals surface area (Å²) in [7, 11) is -3.83. The molecule has 0 unspecified atom stereocenters. The molecule has 144 valence electrons. The van der Waals surface area contributed by atoms with Crippen molar-refractivity contribution < 1.29 is 13.2 Å². The highest BCUT2D eigenvalue weighted by atomic mass is 35.5. The first-order valence-corrected chi connectivity index (χ1v) is 10.4. The van der Waals surface area contributed by atoms with Crippen molar-refractivity contribution in [3.05, 3.63) is 94.0 Å². The molecule has 3 aromatic rings. The van der Waals surface area contributed by atoms with E-state index in [1.165, 1.54) is 24.4 Å². The summed E-state index contributed by atoms with van der Waals surface area (Å²) in [5, 5.41) is 4.21. The van der Waals surface area contributed by atoms with E-state index in [-0.39, 0.29) is 14.9 Å². The SMILES string of the molecule is O=S(=O)(N/N=C/c1ccc(OCc2ccccc2)cc1)c1ccc(Cl)c(Cl)c1. The lowest BCUT2D eigenvalue weighted by molar-refractivity contribution is 0.306. The molecule has 0 aromatic heterocycles. The molecule has 0 saturated heterocycles. The molecule has 3 rings (SSSR count). The van der Waals surface area contributed by atoms with Crippen LogP contribution in [0.25, 0.3) is 0 Å². The van der Waals surface area contributed by atoms with Gasteiger partial charge in [-0.3, -0.25) is 0 Å². The van der Waals surface area contributed by atoms with Crippen molar-refractivity contribution in [1.82, 2.24) is 4.83 Å². The summed E-state index contributed by atoms with van der Waals surface area (Å²) in [5.74, 6) is 0.706. The predicted molar refractivity (Wildman–Crippen MR) is 112 cm³/mol. The van der Waals surface area contributed by atoms with Crippen LogP contribution in [0.15, 0.2) is 82.8 Å². The van der Waals surface area contributed by atoms with Crippen molar-refractivity contribution in [3.8, 4) is 5.75 Å². The van der Waals surface area contributed by atoms with Crippen molar-refractivity contribution in [2.75, 3.05) is 0 Å². The van der Waals surface area contributed by atoms with Gasteiger partial charge in [-0.1, -0.05) is 53.5 Å². The van der Waals surface area contributed by atoms with Gasteiger partial charge in [0.1, 0.15) is 12.4 Å². The second-order valence-electron chi connectivity index (χ2n) is 5.77. The summed E-state index contributed by atoms with van der Waals surface area (Å²) < 4.78 is 30.1. The average Bonchev–Trinajstić information content (AvgIpc) is 2.70. The second kappa shape index (κ2) is 9.10. The zero-order valence-corrected chi connectivity index (χ0v) is 16.9. The van der Waals surface area contributed by atoms with Gasteiger partial charge < -0.3 is 4.74 Å². The Bertz CT molecular complexity index is 1070. The van der Waals surface area contributed by atoms with E-state index in [4.69, 9.17) is 27.9 Å². The fourth-order valence-corrected chi connectivity index (χ4v) is 3.44. The molecule has 0 aliphatic carbocycles. The van der Waals surface area contributed by atoms with Crippen LogP contribution in [0.4, 0.5) is 0 Å². The van der Waals surface area contributed by atoms with Gasteiger partial charge in [0.25, 0.3) is 10.0 Å². The van der Waals surface area contributed by atoms with Gasteiger partial charge in [-0.15, -0.1) is 0 Å². The Morgan fingerprint density at radius 2 is 1.64 bits per heavy atom. The van der Waals surface area contributed by atoms with Crippen LogP contribution in [0.2, 0.25) is 10.0 Å². The summed E-state index contributed by atoms with van der Waals surface area (Å²) in [6.07, 6.45) is 1.40. The molecule has 0 radical (unpaired) electrons. The third kappa shape index (κ3) is 5.48. The van der Waals surface area contributed by atoms with Crippen molar-refractivity contribution >= 4 is 39.4 Å². The molecule has 0 amide bonds. The molecular formula is C20H16Cl2N2O3S. The Balaban J connectivity index is 1.58. The number of nitrogens with one attached hydrogen (secondary N) is 1. The molecule has 0 heterocycles. The summed E-state index contributed by atoms with van der Waals surface area (Å²) in [5.41, 5.74) is 1.79. The van der Waals surface area contributed by atoms with Crippen LogP contribution in [0.3, 0.4) is 0 Å². The highest BCUT2D eigenvalue weighted by Gasteiger charge is 2.14. The molecule has 0 atom stereocenters. The van der Waals surface area contributed by atoms with E-state index < -0.39 is 10.0 Å². The molecule has 8 heteroatoms. The lowest BCUT2D eigenvalue weighted by Crippen LogP contribution is -2.18. The molecule has 5 nitrogen and oxygen atoms in total. The molecule has 0 bridgehead atoms. The van der Waals surface area contributed by atoms with E-state index in [0.717, 1.165) is 5.56 Å². The minimum Gasteiger partial charge on any atom is -0.489 e. The van der Waals surface area contributed by atoms with Crippen LogP contribution in [0.1, 0.15) is 11.1 Å². The predicted octanol–water partition coefficient (Wildman–Crippen LogP) is 4.88. The number of hydrogen-bond donors (Lipinski definition) is 1. The minimum atomic E-state index is -3.83. The maximum absolute atomic E-state index is 12.2. The van der Waals surface area contributed by atoms with E-state index >= 15 is 0 Å². The van der Waals surface area contributed by atoms with Gasteiger partial charge in [-0.2, -0.15) is 13.5 Å². The van der Waals surface area contributed by atoms with Gasteiger partial charge in [0.05, 0.1) is 21.2 Å². The fraction of sp³-hybridized carbons (Fsp3) is 0.0500. The maximum atomic E-state index is 12.2. The first-order valence-electron chi connectivity index (χ1n) is 8.21. The largest absolute Gasteiger partial charge is 0.489 e. The molecule has 0 fully saturated rings. The number of hydrazone groups is 1. The molecule has 3 aromatic carbocycles. The van der Waals surface area contributed by atoms with E-state index in [0.29, 0.717) is 17.9 Å². The summed E-state index contributed by atoms with van der Waals surface area (Å²) >= 11 is 11.7. The highest BCUT2D eigenvalue weighted by Crippen LogP contribution is 2.24. The summed E-state index contributed by atoms with van der Waals surface area (Å²) in [4.78, 5) is 2.12. The van der Waals surface area contributed by atoms with Gasteiger partial charge in [-0.25, -0.2) is 4.83 Å². The molecular weight excluding hydrogens is 419 g/mol. The van der Waals surface area contributed by atoms with E-state index in [1.54, 1.807) is 24.3 Å². The molecule has 0 saturated carbocycles. The van der Waals surface area contributed by atoms with Crippen molar-refractivity contribution in [2.24, 2.45) is 5.10 Å². The van der Waals surface area contributed by atoms with Gasteiger partial charge in [0, 0.05) is 0 Å². The highest BCUT2D eigenvalue weighted by molar-refractivity contribution is 7.89. The van der Waals surface area contributed by atoms with Crippen LogP contribution in [-0.2, 0) is 16.6 Å². The number of nitrogens with zero attached hydrogens (tertiary/aromatic N) is 1. The quantitative estimate of drug-likeness (QED) is 0.425. The van der Waals surface area contributed by atoms with Crippen molar-refractivity contribution in [1.29, 1.82) is 0 Å². The van der Waals surface area contributed by atoms with Gasteiger partial charge in [-0.05, 0) is 53.6 Å². The molecule has 0 aliphatic rings. The fourth-order valence-electron chi connectivity index (χ4n) is 2.26. The lowest BCUT2D eigenvalue weighted by Gasteiger charge is -2.06. The topological polar surface area (TPSA) is 67.8 Å². The molecule has 0 aliphatic heterocycles. The van der Waals surface area contributed by atoms with E-state index in [2.05, 4.69) is 9.93 Å². The Morgan fingerprint density at radius 3 is 2.32 bits per heavy atom. The Labute approximate surface area is 173 Å². The zero-order valence-electron chi connectivity index (χ0n) is 14.5. The normalized spacial score (nSPS) is 11.5. The standard InChI is InChI=1S/C20H16Cl2N2O3S/c21-19-11-10-18(12-20(19)22)28(25,26)24-23-13-15-6-8-17(9-7-15)27-14-16-4-2-1-3-5-16/h1-13,24H,14H2/b23-13+. The van der Waals surface area contributed by atoms with Crippen molar-refractivity contribution in [3.63, 3.8) is 0 Å². The smallest absolute Gasteiger partial charge is 0.276 e. The van der Waals surface area contributed by atoms with Crippen LogP contribution < -0.4 is 9.57 Å². The number of halogens is 2. The first-order chi connectivity index (χ1) is 13.4. The second-order valence-corrected chi connectivity index (χ2v) is 8.25. The first kappa shape index (κ1) is 20.2. The Kier molecular flexibility index (Phi) is 6.57. The number of benzene rings is 3. The average molecular weight is 435 g/mol. The van der Waals surface area contributed by atoms with Gasteiger partial charge >= 0.3 is 0 Å². The zero-order chi connectivity index (χ0) is 20.0. The van der Waals surface area contributed by atoms with E-state index in [1.807, 2.05) is 30.3 Å². The van der Waals surface area contributed by atoms with Crippen LogP contribution >= 0.6 is 23.2 Å². The number of hydrogen-bond acceptors (Lipinski definition) is 4. The van der Waals surface area contributed by atoms with Crippen LogP contribution in [-0.4, -0.2) is 14.6 Å². The lowest BCUT2D eigenvalue weighted by atomic mass is 10.2. The molecule has 1 N–H and O–H groups in total. The third-order valence-electron chi connectivity index (χ3n) is 3.72. The number of sulfonamides is 1. The summed E-state index contributed by atoms with van der Waals surface area (Å²) in [6.45, 7) is 0.470. The van der Waals surface area contributed by atoms with Crippen molar-refractivity contribution in [2.45, 2.75) is 11.5 Å². The minimum absolute atomic E-state index is 0.0243. The van der Waals surface area contributed by atoms with Crippen LogP contribution in [0, 0.1) is 0 Å². The van der Waals surface area contributed by atoms with E-state index in [9.17, 15) is 8.42 Å². The number of rotatable bonds is 7. The Morgan fingerprint density at radius 1 is 0.929 bits per heavy atom.